The van der Waals surface area contributed by atoms with Gasteiger partial charge in [0.25, 0.3) is 0 Å². The Hall–Kier alpha value is -1.47. The molecular formula is C16H21ClO. The Morgan fingerprint density at radius 1 is 1.33 bits per heavy atom. The molecule has 0 radical (unpaired) electrons. The average molecular weight is 265 g/mol. The van der Waals surface area contributed by atoms with E-state index in [2.05, 4.69) is 6.58 Å². The van der Waals surface area contributed by atoms with Crippen molar-refractivity contribution < 1.29 is 4.74 Å². The van der Waals surface area contributed by atoms with Crippen molar-refractivity contribution in [2.24, 2.45) is 0 Å². The third-order valence-electron chi connectivity index (χ3n) is 1.93. The van der Waals surface area contributed by atoms with Gasteiger partial charge < -0.3 is 4.74 Å². The topological polar surface area (TPSA) is 9.23 Å². The number of halogens is 1. The first-order chi connectivity index (χ1) is 8.76. The van der Waals surface area contributed by atoms with Gasteiger partial charge in [0.1, 0.15) is 11.5 Å². The van der Waals surface area contributed by atoms with Gasteiger partial charge in [-0.15, -0.1) is 0 Å². The summed E-state index contributed by atoms with van der Waals surface area (Å²) < 4.78 is 5.65. The predicted octanol–water partition coefficient (Wildman–Crippen LogP) is 5.64. The minimum atomic E-state index is 0.715. The van der Waals surface area contributed by atoms with Gasteiger partial charge in [-0.3, -0.25) is 0 Å². The van der Waals surface area contributed by atoms with Gasteiger partial charge in [-0.25, -0.2) is 0 Å². The van der Waals surface area contributed by atoms with Crippen LogP contribution in [0, 0.1) is 0 Å². The maximum absolute atomic E-state index is 5.88. The van der Waals surface area contributed by atoms with Crippen molar-refractivity contribution in [2.75, 3.05) is 0 Å². The minimum Gasteiger partial charge on any atom is -0.458 e. The third-order valence-corrected chi connectivity index (χ3v) is 2.21. The Morgan fingerprint density at radius 3 is 2.67 bits per heavy atom. The lowest BCUT2D eigenvalue weighted by Gasteiger charge is -2.05. The summed E-state index contributed by atoms with van der Waals surface area (Å²) in [7, 11) is 0. The highest BCUT2D eigenvalue weighted by Gasteiger charge is 1.99. The zero-order chi connectivity index (χ0) is 13.8. The highest BCUT2D eigenvalue weighted by Crippen LogP contribution is 2.17. The molecule has 0 spiro atoms. The molecule has 0 saturated carbocycles. The Balaban J connectivity index is 0.00000137. The van der Waals surface area contributed by atoms with Crippen molar-refractivity contribution in [1.29, 1.82) is 0 Å². The van der Waals surface area contributed by atoms with Crippen LogP contribution in [0.1, 0.15) is 27.2 Å². The highest BCUT2D eigenvalue weighted by atomic mass is 35.5. The van der Waals surface area contributed by atoms with Crippen molar-refractivity contribution >= 4 is 11.6 Å². The molecule has 0 atom stereocenters. The van der Waals surface area contributed by atoms with Crippen LogP contribution in [0.5, 0.6) is 0 Å². The number of rotatable bonds is 4. The molecule has 1 aliphatic rings. The fraction of sp³-hybridized carbons (Fsp3) is 0.250. The van der Waals surface area contributed by atoms with Crippen molar-refractivity contribution in [3.8, 4) is 0 Å². The largest absolute Gasteiger partial charge is 0.458 e. The standard InChI is InChI=1S/C14H15ClO.C2H6/c1-3-5-8-13(4-2)16-14-9-6-7-12(15)10-11-14;1-2/h3-5,7-11H,2,6H2,1H3;1-2H3/b5-3-,13-8+;. The van der Waals surface area contributed by atoms with Gasteiger partial charge in [0, 0.05) is 5.03 Å². The van der Waals surface area contributed by atoms with Gasteiger partial charge >= 0.3 is 0 Å². The van der Waals surface area contributed by atoms with Crippen LogP contribution in [-0.4, -0.2) is 0 Å². The average Bonchev–Trinajstić information content (AvgIpc) is 2.61. The molecule has 0 aromatic rings. The van der Waals surface area contributed by atoms with Gasteiger partial charge in [-0.1, -0.05) is 50.3 Å². The molecule has 18 heavy (non-hydrogen) atoms. The molecule has 0 aliphatic heterocycles. The van der Waals surface area contributed by atoms with E-state index in [1.54, 1.807) is 6.08 Å². The van der Waals surface area contributed by atoms with Crippen LogP contribution in [0.25, 0.3) is 0 Å². The molecule has 1 aliphatic carbocycles. The van der Waals surface area contributed by atoms with Gasteiger partial charge in [0.15, 0.2) is 0 Å². The summed E-state index contributed by atoms with van der Waals surface area (Å²) in [6.07, 6.45) is 15.7. The molecule has 0 aromatic carbocycles. The van der Waals surface area contributed by atoms with Crippen LogP contribution in [0.2, 0.25) is 0 Å². The van der Waals surface area contributed by atoms with Gasteiger partial charge in [0.05, 0.1) is 0 Å². The number of allylic oxidation sites excluding steroid dienone is 9. The van der Waals surface area contributed by atoms with Crippen LogP contribution in [0.15, 0.2) is 71.7 Å². The molecule has 0 fully saturated rings. The summed E-state index contributed by atoms with van der Waals surface area (Å²) in [4.78, 5) is 0. The van der Waals surface area contributed by atoms with E-state index >= 15 is 0 Å². The predicted molar refractivity (Wildman–Crippen MR) is 81.3 cm³/mol. The second-order valence-corrected chi connectivity index (χ2v) is 3.60. The van der Waals surface area contributed by atoms with Crippen molar-refractivity contribution in [3.05, 3.63) is 71.7 Å². The van der Waals surface area contributed by atoms with Gasteiger partial charge in [-0.2, -0.15) is 0 Å². The Bertz CT molecular complexity index is 395. The van der Waals surface area contributed by atoms with E-state index < -0.39 is 0 Å². The minimum absolute atomic E-state index is 0.715. The highest BCUT2D eigenvalue weighted by molar-refractivity contribution is 6.31. The molecule has 1 rings (SSSR count). The molecule has 0 unspecified atom stereocenters. The molecule has 0 saturated heterocycles. The molecule has 0 amide bonds. The Kier molecular flexibility index (Phi) is 9.80. The molecule has 0 heterocycles. The summed E-state index contributed by atoms with van der Waals surface area (Å²) in [5.74, 6) is 1.49. The summed E-state index contributed by atoms with van der Waals surface area (Å²) >= 11 is 5.88. The van der Waals surface area contributed by atoms with E-state index in [1.165, 1.54) is 0 Å². The third kappa shape index (κ3) is 6.97. The van der Waals surface area contributed by atoms with Crippen LogP contribution >= 0.6 is 11.6 Å². The molecule has 1 nitrogen and oxygen atoms in total. The molecule has 98 valence electrons. The summed E-state index contributed by atoms with van der Waals surface area (Å²) in [6.45, 7) is 9.65. The second kappa shape index (κ2) is 10.7. The smallest absolute Gasteiger partial charge is 0.126 e. The first-order valence-electron chi connectivity index (χ1n) is 6.13. The monoisotopic (exact) mass is 264 g/mol. The quantitative estimate of drug-likeness (QED) is 0.471. The van der Waals surface area contributed by atoms with Crippen LogP contribution in [0.4, 0.5) is 0 Å². The van der Waals surface area contributed by atoms with Crippen molar-refractivity contribution in [2.45, 2.75) is 27.2 Å². The van der Waals surface area contributed by atoms with Crippen molar-refractivity contribution in [1.82, 2.24) is 0 Å². The zero-order valence-electron chi connectivity index (χ0n) is 11.3. The Labute approximate surface area is 115 Å². The van der Waals surface area contributed by atoms with E-state index in [0.29, 0.717) is 5.76 Å². The summed E-state index contributed by atoms with van der Waals surface area (Å²) in [5.41, 5.74) is 0. The number of hydrogen-bond acceptors (Lipinski definition) is 1. The first-order valence-corrected chi connectivity index (χ1v) is 6.51. The fourth-order valence-electron chi connectivity index (χ4n) is 1.13. The summed E-state index contributed by atoms with van der Waals surface area (Å²) in [5, 5.41) is 0.729. The van der Waals surface area contributed by atoms with Gasteiger partial charge in [0.2, 0.25) is 0 Å². The maximum atomic E-state index is 5.88. The summed E-state index contributed by atoms with van der Waals surface area (Å²) in [6, 6.07) is 0. The van der Waals surface area contributed by atoms with Crippen LogP contribution in [-0.2, 0) is 4.74 Å². The van der Waals surface area contributed by atoms with E-state index in [0.717, 1.165) is 17.2 Å². The van der Waals surface area contributed by atoms with E-state index in [-0.39, 0.29) is 0 Å². The number of ether oxygens (including phenoxy) is 1. The number of hydrogen-bond donors (Lipinski definition) is 0. The maximum Gasteiger partial charge on any atom is 0.126 e. The molecule has 2 heteroatoms. The normalized spacial score (nSPS) is 15.2. The molecule has 0 bridgehead atoms. The van der Waals surface area contributed by atoms with Gasteiger partial charge in [-0.05, 0) is 43.7 Å². The van der Waals surface area contributed by atoms with Crippen LogP contribution in [0.3, 0.4) is 0 Å². The molecule has 0 aromatic heterocycles. The van der Waals surface area contributed by atoms with Crippen LogP contribution < -0.4 is 0 Å². The fourth-order valence-corrected chi connectivity index (χ4v) is 1.28. The lowest BCUT2D eigenvalue weighted by molar-refractivity contribution is 0.335. The first kappa shape index (κ1) is 16.5. The zero-order valence-corrected chi connectivity index (χ0v) is 12.1. The van der Waals surface area contributed by atoms with E-state index in [9.17, 15) is 0 Å². The van der Waals surface area contributed by atoms with E-state index in [4.69, 9.17) is 16.3 Å². The van der Waals surface area contributed by atoms with Crippen molar-refractivity contribution in [3.63, 3.8) is 0 Å². The lowest BCUT2D eigenvalue weighted by atomic mass is 10.3. The second-order valence-electron chi connectivity index (χ2n) is 3.17. The molecule has 0 N–H and O–H groups in total. The Morgan fingerprint density at radius 2 is 2.06 bits per heavy atom. The van der Waals surface area contributed by atoms with E-state index in [1.807, 2.05) is 63.3 Å². The SMILES string of the molecule is C=C/C(=C\C=C/C)OC1=CCC=C(Cl)C=C1.CC. The lowest BCUT2D eigenvalue weighted by Crippen LogP contribution is -1.87. The molecular weight excluding hydrogens is 244 g/mol.